The van der Waals surface area contributed by atoms with E-state index in [1.807, 2.05) is 6.08 Å². The molecule has 0 aromatic carbocycles. The number of carbonyl (C=O) groups excluding carboxylic acids is 1. The van der Waals surface area contributed by atoms with Gasteiger partial charge in [0.1, 0.15) is 6.29 Å². The zero-order valence-electron chi connectivity index (χ0n) is 6.92. The average molecular weight is 153 g/mol. The zero-order valence-corrected chi connectivity index (χ0v) is 6.92. The Morgan fingerprint density at radius 2 is 2.27 bits per heavy atom. The van der Waals surface area contributed by atoms with Crippen LogP contribution in [-0.2, 0) is 4.79 Å². The number of carbonyl (C=O) groups is 1. The Morgan fingerprint density at radius 3 is 2.91 bits per heavy atom. The summed E-state index contributed by atoms with van der Waals surface area (Å²) in [6, 6.07) is 0. The smallest absolute Gasteiger partial charge is 0.142 e. The maximum absolute atomic E-state index is 10.0. The molecule has 11 heavy (non-hydrogen) atoms. The van der Waals surface area contributed by atoms with Gasteiger partial charge in [-0.25, -0.2) is 0 Å². The second-order valence-corrected chi connectivity index (χ2v) is 3.28. The first-order chi connectivity index (χ1) is 5.33. The summed E-state index contributed by atoms with van der Waals surface area (Å²) in [5.74, 6) is 1.30. The van der Waals surface area contributed by atoms with Gasteiger partial charge in [-0.3, -0.25) is 4.79 Å². The van der Waals surface area contributed by atoms with Crippen LogP contribution in [0.2, 0.25) is 0 Å². The summed E-state index contributed by atoms with van der Waals surface area (Å²) >= 11 is 0. The van der Waals surface area contributed by atoms with E-state index < -0.39 is 0 Å². The summed E-state index contributed by atoms with van der Waals surface area (Å²) in [5.41, 5.74) is 0. The Bertz CT molecular complexity index is 154. The van der Waals surface area contributed by atoms with Crippen LogP contribution in [-0.4, -0.2) is 19.4 Å². The lowest BCUT2D eigenvalue weighted by molar-refractivity contribution is -0.104. The normalized spacial score (nSPS) is 32.5. The summed E-state index contributed by atoms with van der Waals surface area (Å²) in [5, 5.41) is 3.33. The maximum atomic E-state index is 10.0. The molecule has 0 aliphatic carbocycles. The SMILES string of the molecule is CC1CNCC(/C=C/C=O)C1. The quantitative estimate of drug-likeness (QED) is 0.473. The Balaban J connectivity index is 2.33. The van der Waals surface area contributed by atoms with E-state index in [0.717, 1.165) is 25.3 Å². The Morgan fingerprint density at radius 1 is 1.45 bits per heavy atom. The fourth-order valence-corrected chi connectivity index (χ4v) is 1.55. The predicted molar refractivity (Wildman–Crippen MR) is 45.3 cm³/mol. The number of hydrogen-bond acceptors (Lipinski definition) is 2. The predicted octanol–water partition coefficient (Wildman–Crippen LogP) is 0.987. The summed E-state index contributed by atoms with van der Waals surface area (Å²) in [4.78, 5) is 10.0. The number of aldehydes is 1. The van der Waals surface area contributed by atoms with Crippen LogP contribution < -0.4 is 5.32 Å². The fourth-order valence-electron chi connectivity index (χ4n) is 1.55. The topological polar surface area (TPSA) is 29.1 Å². The van der Waals surface area contributed by atoms with Crippen molar-refractivity contribution in [3.8, 4) is 0 Å². The molecule has 0 aromatic heterocycles. The van der Waals surface area contributed by atoms with Crippen LogP contribution in [0.5, 0.6) is 0 Å². The third kappa shape index (κ3) is 2.85. The van der Waals surface area contributed by atoms with E-state index in [1.54, 1.807) is 6.08 Å². The summed E-state index contributed by atoms with van der Waals surface area (Å²) in [6.45, 7) is 4.37. The van der Waals surface area contributed by atoms with Crippen molar-refractivity contribution in [2.75, 3.05) is 13.1 Å². The number of allylic oxidation sites excluding steroid dienone is 1. The Hall–Kier alpha value is -0.630. The lowest BCUT2D eigenvalue weighted by Crippen LogP contribution is -2.34. The molecular formula is C9H15NO. The van der Waals surface area contributed by atoms with Crippen LogP contribution in [0.15, 0.2) is 12.2 Å². The number of rotatable bonds is 2. The van der Waals surface area contributed by atoms with E-state index >= 15 is 0 Å². The minimum atomic E-state index is 0.559. The van der Waals surface area contributed by atoms with Crippen molar-refractivity contribution in [1.82, 2.24) is 5.32 Å². The van der Waals surface area contributed by atoms with Gasteiger partial charge in [0, 0.05) is 6.54 Å². The number of piperidine rings is 1. The third-order valence-electron chi connectivity index (χ3n) is 2.07. The molecule has 1 saturated heterocycles. The minimum absolute atomic E-state index is 0.559. The van der Waals surface area contributed by atoms with Crippen molar-refractivity contribution in [2.45, 2.75) is 13.3 Å². The summed E-state index contributed by atoms with van der Waals surface area (Å²) < 4.78 is 0. The van der Waals surface area contributed by atoms with Crippen molar-refractivity contribution in [2.24, 2.45) is 11.8 Å². The van der Waals surface area contributed by atoms with Gasteiger partial charge in [0.15, 0.2) is 0 Å². The number of nitrogens with one attached hydrogen (secondary N) is 1. The van der Waals surface area contributed by atoms with Crippen LogP contribution in [0.3, 0.4) is 0 Å². The van der Waals surface area contributed by atoms with Crippen LogP contribution >= 0.6 is 0 Å². The molecule has 0 saturated carbocycles. The van der Waals surface area contributed by atoms with Crippen molar-refractivity contribution in [1.29, 1.82) is 0 Å². The standard InChI is InChI=1S/C9H15NO/c1-8-5-9(3-2-4-11)7-10-6-8/h2-4,8-10H,5-7H2,1H3/b3-2+. The van der Waals surface area contributed by atoms with Crippen molar-refractivity contribution in [3.05, 3.63) is 12.2 Å². The van der Waals surface area contributed by atoms with Crippen LogP contribution in [0.1, 0.15) is 13.3 Å². The fraction of sp³-hybridized carbons (Fsp3) is 0.667. The van der Waals surface area contributed by atoms with Gasteiger partial charge in [0.05, 0.1) is 0 Å². The van der Waals surface area contributed by atoms with Gasteiger partial charge in [-0.05, 0) is 30.9 Å². The van der Waals surface area contributed by atoms with Crippen molar-refractivity contribution < 1.29 is 4.79 Å². The molecule has 1 heterocycles. The van der Waals surface area contributed by atoms with Crippen LogP contribution in [0.4, 0.5) is 0 Å². The van der Waals surface area contributed by atoms with Crippen LogP contribution in [0.25, 0.3) is 0 Å². The molecule has 1 aliphatic heterocycles. The molecule has 2 unspecified atom stereocenters. The first-order valence-corrected chi connectivity index (χ1v) is 4.15. The van der Waals surface area contributed by atoms with Gasteiger partial charge >= 0.3 is 0 Å². The molecule has 1 aliphatic rings. The van der Waals surface area contributed by atoms with Gasteiger partial charge in [0.25, 0.3) is 0 Å². The Labute approximate surface area is 67.7 Å². The highest BCUT2D eigenvalue weighted by Gasteiger charge is 2.15. The molecule has 2 atom stereocenters. The monoisotopic (exact) mass is 153 g/mol. The number of hydrogen-bond donors (Lipinski definition) is 1. The molecule has 1 N–H and O–H groups in total. The van der Waals surface area contributed by atoms with E-state index in [-0.39, 0.29) is 0 Å². The molecule has 2 nitrogen and oxygen atoms in total. The van der Waals surface area contributed by atoms with E-state index in [1.165, 1.54) is 6.42 Å². The van der Waals surface area contributed by atoms with Gasteiger partial charge in [-0.1, -0.05) is 13.0 Å². The van der Waals surface area contributed by atoms with E-state index in [0.29, 0.717) is 5.92 Å². The third-order valence-corrected chi connectivity index (χ3v) is 2.07. The lowest BCUT2D eigenvalue weighted by atomic mass is 9.92. The first kappa shape index (κ1) is 8.47. The zero-order chi connectivity index (χ0) is 8.10. The minimum Gasteiger partial charge on any atom is -0.316 e. The molecule has 62 valence electrons. The highest BCUT2D eigenvalue weighted by atomic mass is 16.1. The largest absolute Gasteiger partial charge is 0.316 e. The second-order valence-electron chi connectivity index (χ2n) is 3.28. The van der Waals surface area contributed by atoms with E-state index in [9.17, 15) is 4.79 Å². The molecule has 1 fully saturated rings. The van der Waals surface area contributed by atoms with Crippen molar-refractivity contribution in [3.63, 3.8) is 0 Å². The molecular weight excluding hydrogens is 138 g/mol. The molecule has 2 heteroatoms. The second kappa shape index (κ2) is 4.29. The molecule has 0 spiro atoms. The molecule has 1 rings (SSSR count). The first-order valence-electron chi connectivity index (χ1n) is 4.15. The maximum Gasteiger partial charge on any atom is 0.142 e. The highest BCUT2D eigenvalue weighted by molar-refractivity contribution is 5.64. The summed E-state index contributed by atoms with van der Waals surface area (Å²) in [7, 11) is 0. The van der Waals surface area contributed by atoms with Gasteiger partial charge in [0.2, 0.25) is 0 Å². The molecule has 0 amide bonds. The van der Waals surface area contributed by atoms with Gasteiger partial charge < -0.3 is 5.32 Å². The summed E-state index contributed by atoms with van der Waals surface area (Å²) in [6.07, 6.45) is 5.65. The van der Waals surface area contributed by atoms with E-state index in [4.69, 9.17) is 0 Å². The van der Waals surface area contributed by atoms with Crippen molar-refractivity contribution >= 4 is 6.29 Å². The van der Waals surface area contributed by atoms with Crippen LogP contribution in [0, 0.1) is 11.8 Å². The highest BCUT2D eigenvalue weighted by Crippen LogP contribution is 2.16. The van der Waals surface area contributed by atoms with Gasteiger partial charge in [-0.2, -0.15) is 0 Å². The average Bonchev–Trinajstić information content (AvgIpc) is 2.01. The Kier molecular flexibility index (Phi) is 3.30. The van der Waals surface area contributed by atoms with Gasteiger partial charge in [-0.15, -0.1) is 0 Å². The lowest BCUT2D eigenvalue weighted by Gasteiger charge is -2.25. The molecule has 0 aromatic rings. The van der Waals surface area contributed by atoms with E-state index in [2.05, 4.69) is 12.2 Å². The molecule has 0 bridgehead atoms. The molecule has 0 radical (unpaired) electrons.